The van der Waals surface area contributed by atoms with Crippen LogP contribution in [0.1, 0.15) is 25.7 Å². The van der Waals surface area contributed by atoms with Crippen LogP contribution in [0.3, 0.4) is 0 Å². The first-order valence-corrected chi connectivity index (χ1v) is 4.49. The van der Waals surface area contributed by atoms with E-state index >= 15 is 0 Å². The Labute approximate surface area is 61.8 Å². The molecule has 0 spiro atoms. The van der Waals surface area contributed by atoms with E-state index < -0.39 is 0 Å². The average molecular weight is 138 g/mol. The van der Waals surface area contributed by atoms with Gasteiger partial charge in [-0.2, -0.15) is 0 Å². The zero-order chi connectivity index (χ0) is 6.60. The third kappa shape index (κ3) is 0.493. The Hall–Kier alpha value is -0.0400. The van der Waals surface area contributed by atoms with E-state index in [0.717, 1.165) is 30.5 Å². The minimum absolute atomic E-state index is 0.832. The van der Waals surface area contributed by atoms with E-state index in [4.69, 9.17) is 4.74 Å². The van der Waals surface area contributed by atoms with Crippen molar-refractivity contribution >= 4 is 0 Å². The molecule has 0 radical (unpaired) electrons. The topological polar surface area (TPSA) is 9.23 Å². The summed E-state index contributed by atoms with van der Waals surface area (Å²) >= 11 is 0. The summed E-state index contributed by atoms with van der Waals surface area (Å²) in [5, 5.41) is 0. The molecule has 2 saturated carbocycles. The molecule has 2 atom stereocenters. The van der Waals surface area contributed by atoms with Gasteiger partial charge >= 0.3 is 0 Å². The van der Waals surface area contributed by atoms with Crippen LogP contribution in [0.5, 0.6) is 0 Å². The Bertz CT molecular complexity index is 162. The molecule has 3 rings (SSSR count). The average Bonchev–Trinajstić information content (AvgIpc) is 2.32. The van der Waals surface area contributed by atoms with Gasteiger partial charge in [-0.3, -0.25) is 0 Å². The van der Waals surface area contributed by atoms with Crippen molar-refractivity contribution < 1.29 is 4.74 Å². The zero-order valence-electron chi connectivity index (χ0n) is 6.31. The van der Waals surface area contributed by atoms with Gasteiger partial charge in [0.25, 0.3) is 0 Å². The molecule has 0 amide bonds. The van der Waals surface area contributed by atoms with Crippen LogP contribution in [-0.2, 0) is 4.74 Å². The van der Waals surface area contributed by atoms with Gasteiger partial charge in [0.05, 0.1) is 13.2 Å². The molecule has 1 aliphatic heterocycles. The first-order valence-electron chi connectivity index (χ1n) is 4.49. The van der Waals surface area contributed by atoms with Crippen LogP contribution in [0.2, 0.25) is 0 Å². The van der Waals surface area contributed by atoms with Crippen molar-refractivity contribution in [3.8, 4) is 0 Å². The third-order valence-corrected chi connectivity index (χ3v) is 3.93. The molecule has 0 aromatic heterocycles. The molecule has 1 heterocycles. The number of fused-ring (bicyclic) bond motifs is 1. The smallest absolute Gasteiger partial charge is 0.0521 e. The Morgan fingerprint density at radius 2 is 2.10 bits per heavy atom. The van der Waals surface area contributed by atoms with Gasteiger partial charge in [-0.05, 0) is 30.6 Å². The van der Waals surface area contributed by atoms with E-state index in [9.17, 15) is 0 Å². The minimum Gasteiger partial charge on any atom is -0.381 e. The molecule has 0 N–H and O–H groups in total. The van der Waals surface area contributed by atoms with Gasteiger partial charge in [0.15, 0.2) is 0 Å². The largest absolute Gasteiger partial charge is 0.381 e. The lowest BCUT2D eigenvalue weighted by molar-refractivity contribution is -0.0704. The summed E-state index contributed by atoms with van der Waals surface area (Å²) in [4.78, 5) is 0. The fraction of sp³-hybridized carbons (Fsp3) is 1.00. The Balaban J connectivity index is 1.79. The molecule has 2 unspecified atom stereocenters. The van der Waals surface area contributed by atoms with E-state index in [1.165, 1.54) is 19.3 Å². The molecule has 0 aromatic carbocycles. The van der Waals surface area contributed by atoms with E-state index in [2.05, 4.69) is 0 Å². The van der Waals surface area contributed by atoms with Gasteiger partial charge in [-0.25, -0.2) is 0 Å². The molecule has 3 aliphatic rings. The van der Waals surface area contributed by atoms with Crippen LogP contribution in [0.15, 0.2) is 0 Å². The van der Waals surface area contributed by atoms with Crippen LogP contribution in [0.4, 0.5) is 0 Å². The maximum atomic E-state index is 5.24. The highest BCUT2D eigenvalue weighted by Crippen LogP contribution is 2.68. The second-order valence-electron chi connectivity index (χ2n) is 4.26. The van der Waals surface area contributed by atoms with Crippen molar-refractivity contribution in [2.24, 2.45) is 17.3 Å². The monoisotopic (exact) mass is 138 g/mol. The molecular formula is C9H14O. The van der Waals surface area contributed by atoms with Crippen LogP contribution < -0.4 is 0 Å². The number of hydrogen-bond acceptors (Lipinski definition) is 1. The predicted molar refractivity (Wildman–Crippen MR) is 38.7 cm³/mol. The van der Waals surface area contributed by atoms with Crippen molar-refractivity contribution in [2.45, 2.75) is 25.7 Å². The first-order chi connectivity index (χ1) is 4.92. The highest BCUT2D eigenvalue weighted by atomic mass is 16.5. The highest BCUT2D eigenvalue weighted by Gasteiger charge is 2.62. The van der Waals surface area contributed by atoms with Crippen LogP contribution in [0.25, 0.3) is 0 Å². The summed E-state index contributed by atoms with van der Waals surface area (Å²) in [6.45, 7) is 2.16. The van der Waals surface area contributed by atoms with Gasteiger partial charge in [0.1, 0.15) is 0 Å². The maximum Gasteiger partial charge on any atom is 0.0521 e. The van der Waals surface area contributed by atoms with E-state index in [1.807, 2.05) is 0 Å². The first kappa shape index (κ1) is 5.59. The lowest BCUT2D eigenvalue weighted by Gasteiger charge is -2.33. The molecule has 2 aliphatic carbocycles. The van der Waals surface area contributed by atoms with Crippen molar-refractivity contribution in [3.05, 3.63) is 0 Å². The summed E-state index contributed by atoms with van der Waals surface area (Å²) in [5.74, 6) is 2.10. The summed E-state index contributed by atoms with van der Waals surface area (Å²) in [6, 6.07) is 0. The lowest BCUT2D eigenvalue weighted by Crippen LogP contribution is -2.35. The van der Waals surface area contributed by atoms with Crippen LogP contribution >= 0.6 is 0 Å². The summed E-state index contributed by atoms with van der Waals surface area (Å²) in [5.41, 5.74) is 0.832. The summed E-state index contributed by atoms with van der Waals surface area (Å²) in [7, 11) is 0. The van der Waals surface area contributed by atoms with Crippen molar-refractivity contribution in [3.63, 3.8) is 0 Å². The lowest BCUT2D eigenvalue weighted by atomic mass is 9.85. The molecule has 3 fully saturated rings. The quantitative estimate of drug-likeness (QED) is 0.537. The Kier molecular flexibility index (Phi) is 0.883. The van der Waals surface area contributed by atoms with Gasteiger partial charge in [0.2, 0.25) is 0 Å². The second kappa shape index (κ2) is 1.58. The number of ether oxygens (including phenoxy) is 1. The maximum absolute atomic E-state index is 5.24. The van der Waals surface area contributed by atoms with Gasteiger partial charge < -0.3 is 4.74 Å². The zero-order valence-corrected chi connectivity index (χ0v) is 6.31. The summed E-state index contributed by atoms with van der Waals surface area (Å²) in [6.07, 6.45) is 6.09. The number of rotatable bonds is 1. The van der Waals surface area contributed by atoms with Crippen molar-refractivity contribution in [1.82, 2.24) is 0 Å². The van der Waals surface area contributed by atoms with Gasteiger partial charge in [0, 0.05) is 5.92 Å². The normalized spacial score (nSPS) is 52.2. The second-order valence-corrected chi connectivity index (χ2v) is 4.26. The summed E-state index contributed by atoms with van der Waals surface area (Å²) < 4.78 is 5.24. The van der Waals surface area contributed by atoms with E-state index in [0.29, 0.717) is 0 Å². The molecule has 0 bridgehead atoms. The molecule has 1 heteroatoms. The SMILES string of the molecule is C1CC2CC2(C2COC2)C1. The van der Waals surface area contributed by atoms with Gasteiger partial charge in [-0.1, -0.05) is 6.42 Å². The van der Waals surface area contributed by atoms with E-state index in [1.54, 1.807) is 6.42 Å². The van der Waals surface area contributed by atoms with Crippen LogP contribution in [0, 0.1) is 17.3 Å². The predicted octanol–water partition coefficient (Wildman–Crippen LogP) is 1.82. The molecule has 0 aromatic rings. The molecular weight excluding hydrogens is 124 g/mol. The van der Waals surface area contributed by atoms with Crippen molar-refractivity contribution in [1.29, 1.82) is 0 Å². The molecule has 1 saturated heterocycles. The minimum atomic E-state index is 0.832. The third-order valence-electron chi connectivity index (χ3n) is 3.93. The van der Waals surface area contributed by atoms with Crippen LogP contribution in [-0.4, -0.2) is 13.2 Å². The number of hydrogen-bond donors (Lipinski definition) is 0. The molecule has 1 nitrogen and oxygen atoms in total. The van der Waals surface area contributed by atoms with Gasteiger partial charge in [-0.15, -0.1) is 0 Å². The van der Waals surface area contributed by atoms with E-state index in [-0.39, 0.29) is 0 Å². The fourth-order valence-corrected chi connectivity index (χ4v) is 3.04. The Morgan fingerprint density at radius 3 is 2.50 bits per heavy atom. The highest BCUT2D eigenvalue weighted by molar-refractivity contribution is 5.10. The molecule has 56 valence electrons. The standard InChI is InChI=1S/C9H14O/c1-2-7-4-9(7,3-1)8-5-10-6-8/h7-8H,1-6H2. The Morgan fingerprint density at radius 1 is 1.20 bits per heavy atom. The fourth-order valence-electron chi connectivity index (χ4n) is 3.04. The molecule has 10 heavy (non-hydrogen) atoms. The van der Waals surface area contributed by atoms with Crippen molar-refractivity contribution in [2.75, 3.05) is 13.2 Å².